The molecule has 1 aromatic heterocycles. The van der Waals surface area contributed by atoms with Gasteiger partial charge in [0, 0.05) is 17.0 Å². The molecule has 0 bridgehead atoms. The number of rotatable bonds is 4. The molecule has 3 aromatic rings. The molecule has 2 aromatic carbocycles. The maximum Gasteiger partial charge on any atom is 0.337 e. The first-order valence-corrected chi connectivity index (χ1v) is 9.12. The van der Waals surface area contributed by atoms with Crippen LogP contribution in [0.1, 0.15) is 10.4 Å². The highest BCUT2D eigenvalue weighted by molar-refractivity contribution is 7.92. The molecule has 0 unspecified atom stereocenters. The molecule has 9 heteroatoms. The van der Waals surface area contributed by atoms with Crippen molar-refractivity contribution in [2.45, 2.75) is 4.90 Å². The molecule has 6 nitrogen and oxygen atoms in total. The Morgan fingerprint density at radius 1 is 1.08 bits per heavy atom. The molecule has 128 valence electrons. The molecule has 0 fully saturated rings. The van der Waals surface area contributed by atoms with Gasteiger partial charge in [-0.1, -0.05) is 41.4 Å². The lowest BCUT2D eigenvalue weighted by atomic mass is 10.2. The summed E-state index contributed by atoms with van der Waals surface area (Å²) in [6.07, 6.45) is 1.38. The SMILES string of the molecule is O=C(O)c1ccccc1NS(=O)(=O)c1ccc2c(Cl)cnc(Cl)c2c1. The Labute approximate surface area is 153 Å². The zero-order valence-corrected chi connectivity index (χ0v) is 14.7. The fourth-order valence-corrected chi connectivity index (χ4v) is 3.81. The molecule has 0 saturated carbocycles. The van der Waals surface area contributed by atoms with Gasteiger partial charge in [-0.05, 0) is 24.3 Å². The van der Waals surface area contributed by atoms with Crippen molar-refractivity contribution in [2.75, 3.05) is 4.72 Å². The number of hydrogen-bond acceptors (Lipinski definition) is 4. The van der Waals surface area contributed by atoms with Crippen LogP contribution in [0.5, 0.6) is 0 Å². The highest BCUT2D eigenvalue weighted by Crippen LogP contribution is 2.30. The van der Waals surface area contributed by atoms with E-state index in [1.807, 2.05) is 0 Å². The molecule has 0 spiro atoms. The van der Waals surface area contributed by atoms with E-state index in [0.29, 0.717) is 15.8 Å². The molecule has 0 amide bonds. The van der Waals surface area contributed by atoms with Crippen molar-refractivity contribution in [1.29, 1.82) is 0 Å². The number of pyridine rings is 1. The first kappa shape index (κ1) is 17.5. The van der Waals surface area contributed by atoms with Crippen LogP contribution in [0.25, 0.3) is 10.8 Å². The van der Waals surface area contributed by atoms with E-state index in [4.69, 9.17) is 28.3 Å². The predicted molar refractivity (Wildman–Crippen MR) is 96.0 cm³/mol. The Morgan fingerprint density at radius 2 is 1.80 bits per heavy atom. The van der Waals surface area contributed by atoms with Gasteiger partial charge in [0.2, 0.25) is 0 Å². The van der Waals surface area contributed by atoms with E-state index in [9.17, 15) is 13.2 Å². The summed E-state index contributed by atoms with van der Waals surface area (Å²) < 4.78 is 27.5. The summed E-state index contributed by atoms with van der Waals surface area (Å²) in [6.45, 7) is 0. The van der Waals surface area contributed by atoms with Crippen molar-refractivity contribution in [3.63, 3.8) is 0 Å². The van der Waals surface area contributed by atoms with Crippen molar-refractivity contribution in [3.05, 3.63) is 64.4 Å². The minimum Gasteiger partial charge on any atom is -0.478 e. The van der Waals surface area contributed by atoms with Crippen molar-refractivity contribution < 1.29 is 18.3 Å². The summed E-state index contributed by atoms with van der Waals surface area (Å²) in [6, 6.07) is 9.92. The maximum atomic E-state index is 12.6. The Bertz CT molecular complexity index is 1100. The second-order valence-electron chi connectivity index (χ2n) is 5.06. The zero-order valence-electron chi connectivity index (χ0n) is 12.4. The van der Waals surface area contributed by atoms with Crippen molar-refractivity contribution in [3.8, 4) is 0 Å². The Kier molecular flexibility index (Phi) is 4.55. The average Bonchev–Trinajstić information content (AvgIpc) is 2.58. The number of hydrogen-bond donors (Lipinski definition) is 2. The smallest absolute Gasteiger partial charge is 0.337 e. The number of benzene rings is 2. The molecule has 0 aliphatic rings. The topological polar surface area (TPSA) is 96.4 Å². The van der Waals surface area contributed by atoms with Crippen LogP contribution in [0.4, 0.5) is 5.69 Å². The van der Waals surface area contributed by atoms with Crippen molar-refractivity contribution in [2.24, 2.45) is 0 Å². The molecule has 0 aliphatic heterocycles. The van der Waals surface area contributed by atoms with Crippen LogP contribution in [-0.2, 0) is 10.0 Å². The third-order valence-corrected chi connectivity index (χ3v) is 5.44. The van der Waals surface area contributed by atoms with Gasteiger partial charge in [0.05, 0.1) is 21.2 Å². The van der Waals surface area contributed by atoms with Gasteiger partial charge in [0.1, 0.15) is 5.15 Å². The van der Waals surface area contributed by atoms with Crippen LogP contribution in [0, 0.1) is 0 Å². The Balaban J connectivity index is 2.08. The van der Waals surface area contributed by atoms with Gasteiger partial charge < -0.3 is 5.11 Å². The van der Waals surface area contributed by atoms with Crippen LogP contribution in [0.3, 0.4) is 0 Å². The number of nitrogens with zero attached hydrogens (tertiary/aromatic N) is 1. The number of halogens is 2. The number of para-hydroxylation sites is 1. The molecule has 0 radical (unpaired) electrons. The lowest BCUT2D eigenvalue weighted by Gasteiger charge is -2.11. The first-order chi connectivity index (χ1) is 11.8. The van der Waals surface area contributed by atoms with E-state index < -0.39 is 16.0 Å². The van der Waals surface area contributed by atoms with Gasteiger partial charge in [-0.2, -0.15) is 0 Å². The molecule has 25 heavy (non-hydrogen) atoms. The summed E-state index contributed by atoms with van der Waals surface area (Å²) in [5.74, 6) is -1.24. The second kappa shape index (κ2) is 6.51. The minimum atomic E-state index is -4.03. The normalized spacial score (nSPS) is 11.4. The molecule has 0 saturated heterocycles. The number of carboxylic acid groups (broad SMARTS) is 1. The highest BCUT2D eigenvalue weighted by atomic mass is 35.5. The lowest BCUT2D eigenvalue weighted by molar-refractivity contribution is 0.0698. The standard InChI is InChI=1S/C16H10Cl2N2O4S/c17-13-8-19-15(18)12-7-9(5-6-10(12)13)25(23,24)20-14-4-2-1-3-11(14)16(21)22/h1-8,20H,(H,21,22). The number of nitrogens with one attached hydrogen (secondary N) is 1. The second-order valence-corrected chi connectivity index (χ2v) is 7.51. The van der Waals surface area contributed by atoms with Crippen LogP contribution in [0.15, 0.2) is 53.6 Å². The van der Waals surface area contributed by atoms with E-state index in [2.05, 4.69) is 9.71 Å². The highest BCUT2D eigenvalue weighted by Gasteiger charge is 2.19. The minimum absolute atomic E-state index is 0.0367. The van der Waals surface area contributed by atoms with Crippen LogP contribution < -0.4 is 4.72 Å². The Hall–Kier alpha value is -2.35. The van der Waals surface area contributed by atoms with E-state index in [1.165, 1.54) is 48.7 Å². The summed E-state index contributed by atoms with van der Waals surface area (Å²) in [5.41, 5.74) is -0.194. The predicted octanol–water partition coefficient (Wildman–Crippen LogP) is 4.04. The van der Waals surface area contributed by atoms with Gasteiger partial charge in [0.25, 0.3) is 10.0 Å². The van der Waals surface area contributed by atoms with E-state index in [-0.39, 0.29) is 21.3 Å². The fraction of sp³-hybridized carbons (Fsp3) is 0. The molecule has 3 rings (SSSR count). The number of carboxylic acids is 1. The molecule has 1 heterocycles. The largest absolute Gasteiger partial charge is 0.478 e. The molecular formula is C16H10Cl2N2O4S. The summed E-state index contributed by atoms with van der Waals surface area (Å²) in [4.78, 5) is 15.0. The van der Waals surface area contributed by atoms with Crippen LogP contribution in [0.2, 0.25) is 10.2 Å². The molecular weight excluding hydrogens is 387 g/mol. The summed E-state index contributed by atoms with van der Waals surface area (Å²) in [7, 11) is -4.03. The van der Waals surface area contributed by atoms with E-state index >= 15 is 0 Å². The van der Waals surface area contributed by atoms with E-state index in [0.717, 1.165) is 0 Å². The van der Waals surface area contributed by atoms with Gasteiger partial charge in [-0.3, -0.25) is 4.72 Å². The number of anilines is 1. The molecule has 0 aliphatic carbocycles. The Morgan fingerprint density at radius 3 is 2.52 bits per heavy atom. The zero-order chi connectivity index (χ0) is 18.2. The van der Waals surface area contributed by atoms with Gasteiger partial charge in [-0.15, -0.1) is 0 Å². The van der Waals surface area contributed by atoms with Gasteiger partial charge in [0.15, 0.2) is 0 Å². The average molecular weight is 397 g/mol. The number of aromatic nitrogens is 1. The van der Waals surface area contributed by atoms with Gasteiger partial charge in [-0.25, -0.2) is 18.2 Å². The summed E-state index contributed by atoms with van der Waals surface area (Å²) in [5, 5.41) is 10.6. The van der Waals surface area contributed by atoms with E-state index in [1.54, 1.807) is 0 Å². The van der Waals surface area contributed by atoms with Gasteiger partial charge >= 0.3 is 5.97 Å². The summed E-state index contributed by atoms with van der Waals surface area (Å²) >= 11 is 12.0. The third kappa shape index (κ3) is 3.39. The van der Waals surface area contributed by atoms with Crippen molar-refractivity contribution >= 4 is 55.7 Å². The first-order valence-electron chi connectivity index (χ1n) is 6.88. The molecule has 0 atom stereocenters. The number of aromatic carboxylic acids is 1. The van der Waals surface area contributed by atoms with Crippen LogP contribution >= 0.6 is 23.2 Å². The number of fused-ring (bicyclic) bond motifs is 1. The number of sulfonamides is 1. The quantitative estimate of drug-likeness (QED) is 0.648. The molecule has 2 N–H and O–H groups in total. The number of carbonyl (C=O) groups is 1. The third-order valence-electron chi connectivity index (χ3n) is 3.47. The lowest BCUT2D eigenvalue weighted by Crippen LogP contribution is -2.15. The fourth-order valence-electron chi connectivity index (χ4n) is 2.28. The van der Waals surface area contributed by atoms with Crippen molar-refractivity contribution in [1.82, 2.24) is 4.98 Å². The monoisotopic (exact) mass is 396 g/mol. The maximum absolute atomic E-state index is 12.6. The van der Waals surface area contributed by atoms with Crippen LogP contribution in [-0.4, -0.2) is 24.5 Å².